The highest BCUT2D eigenvalue weighted by Gasteiger charge is 2.30. The Morgan fingerprint density at radius 1 is 0.864 bits per heavy atom. The maximum atomic E-state index is 2.45. The first-order valence-corrected chi connectivity index (χ1v) is 8.67. The Morgan fingerprint density at radius 3 is 1.91 bits per heavy atom. The molecule has 0 heterocycles. The maximum Gasteiger partial charge on any atom is -0.00854 e. The lowest BCUT2D eigenvalue weighted by atomic mass is 9.79. The molecule has 22 heavy (non-hydrogen) atoms. The summed E-state index contributed by atoms with van der Waals surface area (Å²) in [6.07, 6.45) is 5.96. The van der Waals surface area contributed by atoms with Gasteiger partial charge in [0.15, 0.2) is 0 Å². The molecule has 0 fully saturated rings. The molecule has 1 aromatic carbocycles. The molecule has 1 aliphatic carbocycles. The molecule has 0 heteroatoms. The Hall–Kier alpha value is -1.30. The summed E-state index contributed by atoms with van der Waals surface area (Å²) in [7, 11) is 0. The summed E-state index contributed by atoms with van der Waals surface area (Å²) >= 11 is 0. The van der Waals surface area contributed by atoms with E-state index < -0.39 is 0 Å². The topological polar surface area (TPSA) is 0 Å². The fourth-order valence-corrected chi connectivity index (χ4v) is 3.15. The van der Waals surface area contributed by atoms with Crippen LogP contribution in [0.3, 0.4) is 0 Å². The monoisotopic (exact) mass is 296 g/mol. The molecule has 0 amide bonds. The summed E-state index contributed by atoms with van der Waals surface area (Å²) in [6, 6.07) is 9.23. The lowest BCUT2D eigenvalue weighted by molar-refractivity contribution is 0.458. The van der Waals surface area contributed by atoms with Gasteiger partial charge in [0, 0.05) is 0 Å². The minimum atomic E-state index is 0.223. The van der Waals surface area contributed by atoms with E-state index in [1.54, 1.807) is 11.1 Å². The van der Waals surface area contributed by atoms with E-state index in [-0.39, 0.29) is 10.8 Å². The Bertz CT molecular complexity index is 580. The van der Waals surface area contributed by atoms with Crippen molar-refractivity contribution < 1.29 is 0 Å². The van der Waals surface area contributed by atoms with E-state index >= 15 is 0 Å². The van der Waals surface area contributed by atoms with Crippen LogP contribution in [0.25, 0.3) is 5.57 Å². The largest absolute Gasteiger partial charge is 0.0651 e. The second-order valence-electron chi connectivity index (χ2n) is 8.69. The molecule has 1 aliphatic rings. The first-order chi connectivity index (χ1) is 10.1. The van der Waals surface area contributed by atoms with Crippen molar-refractivity contribution in [2.75, 3.05) is 0 Å². The summed E-state index contributed by atoms with van der Waals surface area (Å²) in [6.45, 7) is 16.2. The Kier molecular flexibility index (Phi) is 4.70. The minimum absolute atomic E-state index is 0.223. The highest BCUT2D eigenvalue weighted by molar-refractivity contribution is 5.81. The van der Waals surface area contributed by atoms with Crippen molar-refractivity contribution in [3.05, 3.63) is 52.6 Å². The van der Waals surface area contributed by atoms with Gasteiger partial charge in [-0.15, -0.1) is 0 Å². The number of allylic oxidation sites excluding steroid dienone is 4. The first kappa shape index (κ1) is 17.1. The van der Waals surface area contributed by atoms with E-state index in [9.17, 15) is 0 Å². The van der Waals surface area contributed by atoms with Crippen LogP contribution in [0.5, 0.6) is 0 Å². The molecule has 120 valence electrons. The van der Waals surface area contributed by atoms with Crippen molar-refractivity contribution in [2.45, 2.75) is 67.7 Å². The highest BCUT2D eigenvalue weighted by Crippen LogP contribution is 2.47. The Labute approximate surface area is 137 Å². The molecule has 0 N–H and O–H groups in total. The predicted octanol–water partition coefficient (Wildman–Crippen LogP) is 6.82. The van der Waals surface area contributed by atoms with E-state index in [0.29, 0.717) is 0 Å². The molecule has 0 saturated carbocycles. The van der Waals surface area contributed by atoms with Gasteiger partial charge in [-0.25, -0.2) is 0 Å². The fourth-order valence-electron chi connectivity index (χ4n) is 3.15. The van der Waals surface area contributed by atoms with E-state index in [1.807, 2.05) is 0 Å². The zero-order valence-corrected chi connectivity index (χ0v) is 15.5. The zero-order valence-electron chi connectivity index (χ0n) is 15.5. The van der Waals surface area contributed by atoms with Gasteiger partial charge in [0.1, 0.15) is 0 Å². The van der Waals surface area contributed by atoms with Gasteiger partial charge in [0.25, 0.3) is 0 Å². The predicted molar refractivity (Wildman–Crippen MR) is 99.0 cm³/mol. The van der Waals surface area contributed by atoms with Crippen molar-refractivity contribution in [3.63, 3.8) is 0 Å². The Balaban J connectivity index is 2.43. The number of hydrogen-bond acceptors (Lipinski definition) is 0. The minimum Gasteiger partial charge on any atom is -0.0651 e. The lowest BCUT2D eigenvalue weighted by Gasteiger charge is -2.26. The standard InChI is InChI=1S/C22H32/c1-8-9-16-10-12-17(13-11-16)19-14-18(21(2,3)4)15-20(19)22(5,6)7/h10-14H,8-9,15H2,1-7H3. The summed E-state index contributed by atoms with van der Waals surface area (Å²) in [5.74, 6) is 0. The van der Waals surface area contributed by atoms with Gasteiger partial charge in [-0.2, -0.15) is 0 Å². The van der Waals surface area contributed by atoms with Gasteiger partial charge in [-0.1, -0.05) is 96.4 Å². The fraction of sp³-hybridized carbons (Fsp3) is 0.545. The van der Waals surface area contributed by atoms with Crippen LogP contribution in [0, 0.1) is 10.8 Å². The van der Waals surface area contributed by atoms with E-state index in [4.69, 9.17) is 0 Å². The van der Waals surface area contributed by atoms with Crippen LogP contribution < -0.4 is 0 Å². The third kappa shape index (κ3) is 3.72. The van der Waals surface area contributed by atoms with Gasteiger partial charge in [0.05, 0.1) is 0 Å². The summed E-state index contributed by atoms with van der Waals surface area (Å²) in [4.78, 5) is 0. The van der Waals surface area contributed by atoms with Crippen molar-refractivity contribution in [3.8, 4) is 0 Å². The number of hydrogen-bond donors (Lipinski definition) is 0. The molecule has 0 unspecified atom stereocenters. The zero-order chi connectivity index (χ0) is 16.5. The number of benzene rings is 1. The number of rotatable bonds is 3. The molecular formula is C22H32. The van der Waals surface area contributed by atoms with Crippen LogP contribution in [0.2, 0.25) is 0 Å². The second-order valence-corrected chi connectivity index (χ2v) is 8.69. The average Bonchev–Trinajstić information content (AvgIpc) is 2.85. The van der Waals surface area contributed by atoms with Crippen LogP contribution in [-0.4, -0.2) is 0 Å². The van der Waals surface area contributed by atoms with Crippen LogP contribution in [0.1, 0.15) is 72.4 Å². The van der Waals surface area contributed by atoms with Crippen LogP contribution in [-0.2, 0) is 6.42 Å². The number of aryl methyl sites for hydroxylation is 1. The molecule has 0 nitrogen and oxygen atoms in total. The molecule has 2 rings (SSSR count). The van der Waals surface area contributed by atoms with Crippen molar-refractivity contribution in [1.29, 1.82) is 0 Å². The first-order valence-electron chi connectivity index (χ1n) is 8.67. The average molecular weight is 296 g/mol. The third-order valence-corrected chi connectivity index (χ3v) is 4.68. The van der Waals surface area contributed by atoms with Gasteiger partial charge >= 0.3 is 0 Å². The van der Waals surface area contributed by atoms with Gasteiger partial charge in [-0.3, -0.25) is 0 Å². The SMILES string of the molecule is CCCc1ccc(C2=C(C(C)(C)C)CC(C(C)(C)C)=C2)cc1. The second kappa shape index (κ2) is 6.07. The molecule has 0 atom stereocenters. The third-order valence-electron chi connectivity index (χ3n) is 4.68. The van der Waals surface area contributed by atoms with E-state index in [0.717, 1.165) is 6.42 Å². The molecule has 0 bridgehead atoms. The van der Waals surface area contributed by atoms with Gasteiger partial charge < -0.3 is 0 Å². The molecule has 0 aliphatic heterocycles. The smallest absolute Gasteiger partial charge is 0.00854 e. The van der Waals surface area contributed by atoms with Crippen molar-refractivity contribution >= 4 is 5.57 Å². The summed E-state index contributed by atoms with van der Waals surface area (Å²) < 4.78 is 0. The van der Waals surface area contributed by atoms with Gasteiger partial charge in [0.2, 0.25) is 0 Å². The normalized spacial score (nSPS) is 16.2. The van der Waals surface area contributed by atoms with E-state index in [1.165, 1.54) is 29.5 Å². The van der Waals surface area contributed by atoms with E-state index in [2.05, 4.69) is 78.8 Å². The summed E-state index contributed by atoms with van der Waals surface area (Å²) in [5, 5.41) is 0. The van der Waals surface area contributed by atoms with Crippen LogP contribution in [0.15, 0.2) is 41.5 Å². The molecule has 0 radical (unpaired) electrons. The molecule has 0 spiro atoms. The van der Waals surface area contributed by atoms with Crippen LogP contribution in [0.4, 0.5) is 0 Å². The molecule has 0 aromatic heterocycles. The van der Waals surface area contributed by atoms with Crippen molar-refractivity contribution in [1.82, 2.24) is 0 Å². The highest BCUT2D eigenvalue weighted by atomic mass is 14.4. The van der Waals surface area contributed by atoms with Gasteiger partial charge in [-0.05, 0) is 40.4 Å². The Morgan fingerprint density at radius 2 is 1.45 bits per heavy atom. The summed E-state index contributed by atoms with van der Waals surface area (Å²) in [5.41, 5.74) is 7.90. The molecular weight excluding hydrogens is 264 g/mol. The quantitative estimate of drug-likeness (QED) is 0.574. The van der Waals surface area contributed by atoms with Crippen molar-refractivity contribution in [2.24, 2.45) is 10.8 Å². The molecule has 1 aromatic rings. The molecule has 0 saturated heterocycles. The maximum absolute atomic E-state index is 2.45. The van der Waals surface area contributed by atoms with Crippen LogP contribution >= 0.6 is 0 Å². The lowest BCUT2D eigenvalue weighted by Crippen LogP contribution is -2.13.